The lowest BCUT2D eigenvalue weighted by molar-refractivity contribution is -0.126. The average molecular weight is 449 g/mol. The molecule has 0 unspecified atom stereocenters. The first-order chi connectivity index (χ1) is 14.8. The smallest absolute Gasteiger partial charge is 0.232 e. The van der Waals surface area contributed by atoms with E-state index in [0.717, 1.165) is 37.0 Å². The van der Waals surface area contributed by atoms with Crippen LogP contribution < -0.4 is 19.1 Å². The number of nitrogens with zero attached hydrogens (tertiary/aromatic N) is 1. The van der Waals surface area contributed by atoms with Crippen LogP contribution in [0.15, 0.2) is 18.2 Å². The third-order valence-electron chi connectivity index (χ3n) is 7.42. The largest absolute Gasteiger partial charge is 0.486 e. The summed E-state index contributed by atoms with van der Waals surface area (Å²) >= 11 is 0. The van der Waals surface area contributed by atoms with Crippen molar-refractivity contribution >= 4 is 21.6 Å². The quantitative estimate of drug-likeness (QED) is 0.693. The summed E-state index contributed by atoms with van der Waals surface area (Å²) in [5.41, 5.74) is 0.534. The molecule has 4 aliphatic carbocycles. The molecule has 1 amide bonds. The fourth-order valence-corrected chi connectivity index (χ4v) is 7.64. The molecule has 1 aromatic carbocycles. The van der Waals surface area contributed by atoms with E-state index < -0.39 is 10.0 Å². The van der Waals surface area contributed by atoms with Crippen LogP contribution in [0.25, 0.3) is 0 Å². The standard InChI is InChI=1S/C23H32N2O5S/c1-31(27,28)25(19-4-5-20-21(12-19)30-8-7-29-20)6-2-3-22(26)24-23-13-16-9-17(14-23)11-18(10-16)15-23/h4-5,12,16-18H,2-3,6-11,13-15H2,1H3,(H,24,26). The molecule has 4 fully saturated rings. The Kier molecular flexibility index (Phi) is 5.31. The van der Waals surface area contributed by atoms with E-state index in [9.17, 15) is 13.2 Å². The zero-order valence-corrected chi connectivity index (χ0v) is 19.0. The van der Waals surface area contributed by atoms with Gasteiger partial charge in [0, 0.05) is 24.6 Å². The van der Waals surface area contributed by atoms with E-state index in [1.807, 2.05) is 0 Å². The highest BCUT2D eigenvalue weighted by Gasteiger charge is 2.51. The number of sulfonamides is 1. The molecule has 7 nitrogen and oxygen atoms in total. The van der Waals surface area contributed by atoms with Crippen LogP contribution in [0.1, 0.15) is 51.4 Å². The predicted molar refractivity (Wildman–Crippen MR) is 118 cm³/mol. The Hall–Kier alpha value is -1.96. The van der Waals surface area contributed by atoms with Crippen LogP contribution in [-0.2, 0) is 14.8 Å². The van der Waals surface area contributed by atoms with Crippen molar-refractivity contribution in [3.8, 4) is 11.5 Å². The van der Waals surface area contributed by atoms with Crippen molar-refractivity contribution in [2.45, 2.75) is 56.9 Å². The topological polar surface area (TPSA) is 84.9 Å². The van der Waals surface area contributed by atoms with Crippen LogP contribution in [0.2, 0.25) is 0 Å². The Bertz CT molecular complexity index is 925. The number of amides is 1. The number of rotatable bonds is 7. The average Bonchev–Trinajstić information content (AvgIpc) is 2.68. The van der Waals surface area contributed by atoms with Gasteiger partial charge in [-0.1, -0.05) is 0 Å². The third kappa shape index (κ3) is 4.36. The lowest BCUT2D eigenvalue weighted by Gasteiger charge is -2.56. The van der Waals surface area contributed by atoms with Crippen molar-refractivity contribution in [2.24, 2.45) is 17.8 Å². The van der Waals surface area contributed by atoms with Crippen molar-refractivity contribution in [2.75, 3.05) is 30.3 Å². The molecule has 5 aliphatic rings. The van der Waals surface area contributed by atoms with E-state index in [-0.39, 0.29) is 18.0 Å². The zero-order valence-electron chi connectivity index (χ0n) is 18.1. The molecule has 0 atom stereocenters. The van der Waals surface area contributed by atoms with Crippen LogP contribution in [0, 0.1) is 17.8 Å². The van der Waals surface area contributed by atoms with Crippen molar-refractivity contribution in [3.63, 3.8) is 0 Å². The minimum absolute atomic E-state index is 0.00180. The SMILES string of the molecule is CS(=O)(=O)N(CCCC(=O)NC12CC3CC(CC(C3)C1)C2)c1ccc2c(c1)OCCO2. The maximum absolute atomic E-state index is 12.8. The summed E-state index contributed by atoms with van der Waals surface area (Å²) in [4.78, 5) is 12.8. The molecular formula is C23H32N2O5S. The van der Waals surface area contributed by atoms with Gasteiger partial charge in [-0.15, -0.1) is 0 Å². The van der Waals surface area contributed by atoms with Gasteiger partial charge in [-0.25, -0.2) is 8.42 Å². The molecule has 0 aromatic heterocycles. The molecule has 1 heterocycles. The highest BCUT2D eigenvalue weighted by Crippen LogP contribution is 2.55. The van der Waals surface area contributed by atoms with Crippen molar-refractivity contribution in [1.82, 2.24) is 5.32 Å². The Labute approximate surface area is 184 Å². The van der Waals surface area contributed by atoms with E-state index in [2.05, 4.69) is 5.32 Å². The Morgan fingerprint density at radius 2 is 1.68 bits per heavy atom. The molecule has 6 rings (SSSR count). The number of anilines is 1. The predicted octanol–water partition coefficient (Wildman–Crippen LogP) is 3.09. The Morgan fingerprint density at radius 1 is 1.06 bits per heavy atom. The number of ether oxygens (including phenoxy) is 2. The molecule has 1 aromatic rings. The minimum atomic E-state index is -3.48. The first kappa shape index (κ1) is 20.9. The molecule has 0 radical (unpaired) electrons. The molecule has 4 saturated carbocycles. The highest BCUT2D eigenvalue weighted by molar-refractivity contribution is 7.92. The maximum Gasteiger partial charge on any atom is 0.232 e. The monoisotopic (exact) mass is 448 g/mol. The van der Waals surface area contributed by atoms with Crippen LogP contribution in [0.5, 0.6) is 11.5 Å². The summed E-state index contributed by atoms with van der Waals surface area (Å²) in [6.45, 7) is 1.19. The number of benzene rings is 1. The molecule has 31 heavy (non-hydrogen) atoms. The van der Waals surface area contributed by atoms with Gasteiger partial charge in [0.25, 0.3) is 0 Å². The lowest BCUT2D eigenvalue weighted by atomic mass is 9.53. The van der Waals surface area contributed by atoms with Crippen molar-refractivity contribution in [1.29, 1.82) is 0 Å². The number of carbonyl (C=O) groups excluding carboxylic acids is 1. The van der Waals surface area contributed by atoms with E-state index in [1.54, 1.807) is 18.2 Å². The number of nitrogens with one attached hydrogen (secondary N) is 1. The molecule has 4 bridgehead atoms. The van der Waals surface area contributed by atoms with Crippen molar-refractivity contribution in [3.05, 3.63) is 18.2 Å². The van der Waals surface area contributed by atoms with E-state index in [1.165, 1.54) is 29.8 Å². The van der Waals surface area contributed by atoms with Gasteiger partial charge in [0.05, 0.1) is 11.9 Å². The van der Waals surface area contributed by atoms with Crippen LogP contribution >= 0.6 is 0 Å². The molecule has 0 saturated heterocycles. The molecule has 170 valence electrons. The van der Waals surface area contributed by atoms with Crippen LogP contribution in [0.3, 0.4) is 0 Å². The van der Waals surface area contributed by atoms with E-state index >= 15 is 0 Å². The second-order valence-electron chi connectivity index (χ2n) is 10.0. The fourth-order valence-electron chi connectivity index (χ4n) is 6.68. The van der Waals surface area contributed by atoms with Gasteiger partial charge in [0.15, 0.2) is 11.5 Å². The van der Waals surface area contributed by atoms with E-state index in [0.29, 0.717) is 43.2 Å². The van der Waals surface area contributed by atoms with Gasteiger partial charge >= 0.3 is 0 Å². The van der Waals surface area contributed by atoms with Gasteiger partial charge in [-0.05, 0) is 74.8 Å². The summed E-state index contributed by atoms with van der Waals surface area (Å²) < 4.78 is 37.3. The van der Waals surface area contributed by atoms with Gasteiger partial charge in [0.2, 0.25) is 15.9 Å². The van der Waals surface area contributed by atoms with Gasteiger partial charge in [-0.3, -0.25) is 9.10 Å². The molecular weight excluding hydrogens is 416 g/mol. The molecule has 1 aliphatic heterocycles. The first-order valence-electron chi connectivity index (χ1n) is 11.5. The van der Waals surface area contributed by atoms with Crippen LogP contribution in [0.4, 0.5) is 5.69 Å². The second kappa shape index (κ2) is 7.87. The summed E-state index contributed by atoms with van der Waals surface area (Å²) in [5, 5.41) is 3.37. The maximum atomic E-state index is 12.8. The summed E-state index contributed by atoms with van der Waals surface area (Å²) in [6, 6.07) is 5.16. The lowest BCUT2D eigenvalue weighted by Crippen LogP contribution is -2.59. The van der Waals surface area contributed by atoms with Gasteiger partial charge in [-0.2, -0.15) is 0 Å². The Balaban J connectivity index is 1.20. The van der Waals surface area contributed by atoms with Crippen LogP contribution in [-0.4, -0.2) is 45.9 Å². The number of hydrogen-bond donors (Lipinski definition) is 1. The molecule has 0 spiro atoms. The number of fused-ring (bicyclic) bond motifs is 1. The summed E-state index contributed by atoms with van der Waals surface area (Å²) in [5.74, 6) is 3.57. The normalized spacial score (nSPS) is 30.8. The Morgan fingerprint density at radius 3 is 2.29 bits per heavy atom. The molecule has 1 N–H and O–H groups in total. The fraction of sp³-hybridized carbons (Fsp3) is 0.696. The summed E-state index contributed by atoms with van der Waals surface area (Å²) in [6.07, 6.45) is 9.39. The van der Waals surface area contributed by atoms with Crippen molar-refractivity contribution < 1.29 is 22.7 Å². The minimum Gasteiger partial charge on any atom is -0.486 e. The number of hydrogen-bond acceptors (Lipinski definition) is 5. The third-order valence-corrected chi connectivity index (χ3v) is 8.62. The highest BCUT2D eigenvalue weighted by atomic mass is 32.2. The van der Waals surface area contributed by atoms with Gasteiger partial charge in [0.1, 0.15) is 13.2 Å². The summed E-state index contributed by atoms with van der Waals surface area (Å²) in [7, 11) is -3.48. The van der Waals surface area contributed by atoms with Gasteiger partial charge < -0.3 is 14.8 Å². The zero-order chi connectivity index (χ0) is 21.6. The number of carbonyl (C=O) groups is 1. The second-order valence-corrected chi connectivity index (χ2v) is 11.9. The first-order valence-corrected chi connectivity index (χ1v) is 13.3. The molecule has 8 heteroatoms. The van der Waals surface area contributed by atoms with E-state index in [4.69, 9.17) is 9.47 Å².